The Morgan fingerprint density at radius 2 is 1.36 bits per heavy atom. The Morgan fingerprint density at radius 3 is 1.64 bits per heavy atom. The first kappa shape index (κ1) is 16.8. The molecule has 0 aliphatic carbocycles. The zero-order valence-electron chi connectivity index (χ0n) is 9.93. The van der Waals surface area contributed by atoms with Gasteiger partial charge in [0.25, 0.3) is 0 Å². The summed E-state index contributed by atoms with van der Waals surface area (Å²) in [5.74, 6) is 0. The summed E-state index contributed by atoms with van der Waals surface area (Å²) in [6.45, 7) is 8.13. The molecule has 0 radical (unpaired) electrons. The topological polar surface area (TPSA) is 20.2 Å². The molecule has 0 fully saturated rings. The lowest BCUT2D eigenvalue weighted by Crippen LogP contribution is -3.00. The van der Waals surface area contributed by atoms with Crippen LogP contribution in [0, 0.1) is 0 Å². The lowest BCUT2D eigenvalue weighted by atomic mass is 10.2. The highest BCUT2D eigenvalue weighted by Gasteiger charge is 2.18. The summed E-state index contributed by atoms with van der Waals surface area (Å²) in [5, 5.41) is 8.98. The van der Waals surface area contributed by atoms with Crippen molar-refractivity contribution in [3.8, 4) is 0 Å². The first-order valence-corrected chi connectivity index (χ1v) is 5.63. The number of rotatable bonds is 8. The number of hydrogen-bond acceptors (Lipinski definition) is 1. The molecule has 1 N–H and O–H groups in total. The van der Waals surface area contributed by atoms with E-state index in [2.05, 4.69) is 20.9 Å². The molecule has 0 aromatic carbocycles. The highest BCUT2D eigenvalue weighted by atomic mass is 79.9. The molecule has 3 heteroatoms. The first-order chi connectivity index (χ1) is 6.18. The maximum atomic E-state index is 8.98. The summed E-state index contributed by atoms with van der Waals surface area (Å²) in [7, 11) is 2.27. The van der Waals surface area contributed by atoms with Crippen molar-refractivity contribution >= 4 is 0 Å². The maximum Gasteiger partial charge on any atom is 0.102 e. The molecule has 0 aliphatic rings. The summed E-state index contributed by atoms with van der Waals surface area (Å²) in [6.07, 6.45) is 5.07. The van der Waals surface area contributed by atoms with Gasteiger partial charge in [-0.05, 0) is 12.8 Å². The standard InChI is InChI=1S/C11H26NO.BrH/c1-4-6-8-12(3,10-11-13)9-7-5-2;/h13H,4-11H2,1-3H3;1H/q+1;/p-1. The van der Waals surface area contributed by atoms with Gasteiger partial charge in [-0.3, -0.25) is 0 Å². The van der Waals surface area contributed by atoms with E-state index < -0.39 is 0 Å². The minimum atomic E-state index is 0. The van der Waals surface area contributed by atoms with Crippen molar-refractivity contribution in [2.45, 2.75) is 39.5 Å². The van der Waals surface area contributed by atoms with Crippen LogP contribution >= 0.6 is 0 Å². The van der Waals surface area contributed by atoms with Crippen LogP contribution in [-0.4, -0.2) is 42.9 Å². The number of halogens is 1. The van der Waals surface area contributed by atoms with Crippen LogP contribution in [0.5, 0.6) is 0 Å². The molecule has 0 heterocycles. The van der Waals surface area contributed by atoms with Gasteiger partial charge >= 0.3 is 0 Å². The Labute approximate surface area is 99.7 Å². The van der Waals surface area contributed by atoms with E-state index in [4.69, 9.17) is 5.11 Å². The molecular weight excluding hydrogens is 242 g/mol. The van der Waals surface area contributed by atoms with Crippen LogP contribution in [0.15, 0.2) is 0 Å². The molecule has 0 bridgehead atoms. The fourth-order valence-electron chi connectivity index (χ4n) is 1.66. The number of nitrogens with zero attached hydrogens (tertiary/aromatic N) is 1. The van der Waals surface area contributed by atoms with Gasteiger partial charge in [-0.25, -0.2) is 0 Å². The molecule has 14 heavy (non-hydrogen) atoms. The number of aliphatic hydroxyl groups excluding tert-OH is 1. The predicted octanol–water partition coefficient (Wildman–Crippen LogP) is -0.970. The minimum Gasteiger partial charge on any atom is -1.00 e. The summed E-state index contributed by atoms with van der Waals surface area (Å²) in [5.41, 5.74) is 0. The number of unbranched alkanes of at least 4 members (excludes halogenated alkanes) is 2. The van der Waals surface area contributed by atoms with Crippen molar-refractivity contribution < 1.29 is 26.6 Å². The minimum absolute atomic E-state index is 0. The highest BCUT2D eigenvalue weighted by Crippen LogP contribution is 2.07. The molecular formula is C11H26BrNO. The zero-order chi connectivity index (χ0) is 10.2. The molecule has 0 saturated carbocycles. The molecule has 2 nitrogen and oxygen atoms in total. The van der Waals surface area contributed by atoms with Crippen molar-refractivity contribution in [3.05, 3.63) is 0 Å². The lowest BCUT2D eigenvalue weighted by molar-refractivity contribution is -0.910. The molecule has 0 rings (SSSR count). The second kappa shape index (κ2) is 9.94. The average Bonchev–Trinajstić information content (AvgIpc) is 2.12. The third-order valence-electron chi connectivity index (χ3n) is 2.74. The van der Waals surface area contributed by atoms with Crippen LogP contribution in [0.4, 0.5) is 0 Å². The fraction of sp³-hybridized carbons (Fsp3) is 1.00. The largest absolute Gasteiger partial charge is 1.00 e. The zero-order valence-corrected chi connectivity index (χ0v) is 11.5. The molecule has 0 spiro atoms. The summed E-state index contributed by atoms with van der Waals surface area (Å²) >= 11 is 0. The Kier molecular flexibility index (Phi) is 11.9. The SMILES string of the molecule is CCCC[N+](C)(CCO)CCCC.[Br-]. The molecule has 0 saturated heterocycles. The van der Waals surface area contributed by atoms with Crippen LogP contribution in [0.2, 0.25) is 0 Å². The Hall–Kier alpha value is 0.400. The van der Waals surface area contributed by atoms with Crippen LogP contribution in [0.1, 0.15) is 39.5 Å². The van der Waals surface area contributed by atoms with Crippen molar-refractivity contribution in [2.75, 3.05) is 33.3 Å². The van der Waals surface area contributed by atoms with E-state index in [-0.39, 0.29) is 17.0 Å². The predicted molar refractivity (Wildman–Crippen MR) is 57.7 cm³/mol. The molecule has 0 aromatic heterocycles. The van der Waals surface area contributed by atoms with E-state index in [1.165, 1.54) is 38.8 Å². The summed E-state index contributed by atoms with van der Waals surface area (Å²) < 4.78 is 1.05. The van der Waals surface area contributed by atoms with Gasteiger partial charge in [0, 0.05) is 0 Å². The lowest BCUT2D eigenvalue weighted by Gasteiger charge is -2.34. The van der Waals surface area contributed by atoms with E-state index in [0.717, 1.165) is 11.0 Å². The van der Waals surface area contributed by atoms with Gasteiger partial charge in [-0.1, -0.05) is 26.7 Å². The third kappa shape index (κ3) is 7.77. The number of aliphatic hydroxyl groups is 1. The Morgan fingerprint density at radius 1 is 0.929 bits per heavy atom. The number of likely N-dealkylation sites (N-methyl/N-ethyl adjacent to an activating group) is 1. The number of hydrogen-bond donors (Lipinski definition) is 1. The van der Waals surface area contributed by atoms with E-state index in [1.54, 1.807) is 0 Å². The molecule has 0 aliphatic heterocycles. The van der Waals surface area contributed by atoms with Crippen LogP contribution in [0.25, 0.3) is 0 Å². The Bertz CT molecular complexity index is 112. The number of quaternary nitrogens is 1. The van der Waals surface area contributed by atoms with Gasteiger partial charge in [-0.2, -0.15) is 0 Å². The second-order valence-electron chi connectivity index (χ2n) is 4.22. The molecule has 0 atom stereocenters. The molecule has 0 unspecified atom stereocenters. The van der Waals surface area contributed by atoms with Gasteiger partial charge in [0.05, 0.1) is 26.7 Å². The Balaban J connectivity index is 0. The van der Waals surface area contributed by atoms with Gasteiger partial charge < -0.3 is 26.6 Å². The van der Waals surface area contributed by atoms with Gasteiger partial charge in [-0.15, -0.1) is 0 Å². The van der Waals surface area contributed by atoms with Crippen molar-refractivity contribution in [1.29, 1.82) is 0 Å². The van der Waals surface area contributed by atoms with E-state index >= 15 is 0 Å². The molecule has 0 aromatic rings. The van der Waals surface area contributed by atoms with Gasteiger partial charge in [0.15, 0.2) is 0 Å². The maximum absolute atomic E-state index is 8.98. The highest BCUT2D eigenvalue weighted by molar-refractivity contribution is 4.42. The van der Waals surface area contributed by atoms with Gasteiger partial charge in [0.1, 0.15) is 6.54 Å². The van der Waals surface area contributed by atoms with Crippen molar-refractivity contribution in [2.24, 2.45) is 0 Å². The van der Waals surface area contributed by atoms with E-state index in [9.17, 15) is 0 Å². The second-order valence-corrected chi connectivity index (χ2v) is 4.22. The quantitative estimate of drug-likeness (QED) is 0.562. The van der Waals surface area contributed by atoms with Crippen molar-refractivity contribution in [1.82, 2.24) is 0 Å². The summed E-state index contributed by atoms with van der Waals surface area (Å²) in [4.78, 5) is 0. The van der Waals surface area contributed by atoms with Crippen molar-refractivity contribution in [3.63, 3.8) is 0 Å². The van der Waals surface area contributed by atoms with Crippen LogP contribution in [0.3, 0.4) is 0 Å². The third-order valence-corrected chi connectivity index (χ3v) is 2.74. The van der Waals surface area contributed by atoms with Gasteiger partial charge in [0.2, 0.25) is 0 Å². The monoisotopic (exact) mass is 267 g/mol. The average molecular weight is 268 g/mol. The molecule has 88 valence electrons. The fourth-order valence-corrected chi connectivity index (χ4v) is 1.66. The first-order valence-electron chi connectivity index (χ1n) is 5.63. The normalized spacial score (nSPS) is 11.1. The van der Waals surface area contributed by atoms with Crippen LogP contribution < -0.4 is 17.0 Å². The summed E-state index contributed by atoms with van der Waals surface area (Å²) in [6, 6.07) is 0. The van der Waals surface area contributed by atoms with E-state index in [0.29, 0.717) is 6.61 Å². The van der Waals surface area contributed by atoms with E-state index in [1.807, 2.05) is 0 Å². The molecule has 0 amide bonds. The van der Waals surface area contributed by atoms with Crippen LogP contribution in [-0.2, 0) is 0 Å². The smallest absolute Gasteiger partial charge is 0.102 e.